The van der Waals surface area contributed by atoms with E-state index in [1.165, 1.54) is 7.11 Å². The molecule has 0 bridgehead atoms. The van der Waals surface area contributed by atoms with Crippen molar-refractivity contribution >= 4 is 23.3 Å². The summed E-state index contributed by atoms with van der Waals surface area (Å²) >= 11 is 1.59. The van der Waals surface area contributed by atoms with Crippen molar-refractivity contribution in [1.29, 1.82) is 0 Å². The molecule has 0 aliphatic carbocycles. The molecule has 0 radical (unpaired) electrons. The van der Waals surface area contributed by atoms with Crippen molar-refractivity contribution in [2.45, 2.75) is 13.0 Å². The van der Waals surface area contributed by atoms with E-state index in [0.29, 0.717) is 5.95 Å². The Morgan fingerprint density at radius 1 is 1.55 bits per heavy atom. The van der Waals surface area contributed by atoms with Crippen LogP contribution in [0.4, 0.5) is 5.95 Å². The maximum Gasteiger partial charge on any atom is 0.352 e. The summed E-state index contributed by atoms with van der Waals surface area (Å²) in [5.41, 5.74) is 0.0867. The Kier molecular flexibility index (Phi) is 2.94. The molecular weight excluding hydrogens is 280 g/mol. The maximum absolute atomic E-state index is 11.2. The van der Waals surface area contributed by atoms with Crippen molar-refractivity contribution in [1.82, 2.24) is 14.8 Å². The molecule has 1 unspecified atom stereocenters. The van der Waals surface area contributed by atoms with Crippen LogP contribution in [0, 0.1) is 6.92 Å². The molecule has 1 atom stereocenters. The molecule has 2 aromatic rings. The number of methoxy groups -OCH3 is 1. The van der Waals surface area contributed by atoms with Crippen LogP contribution in [0.15, 0.2) is 23.9 Å². The molecule has 0 aromatic carbocycles. The highest BCUT2D eigenvalue weighted by atomic mass is 32.1. The highest BCUT2D eigenvalue weighted by molar-refractivity contribution is 7.12. The van der Waals surface area contributed by atoms with Gasteiger partial charge < -0.3 is 15.2 Å². The number of rotatable bonds is 3. The van der Waals surface area contributed by atoms with Crippen LogP contribution in [0.2, 0.25) is 0 Å². The van der Waals surface area contributed by atoms with E-state index < -0.39 is 5.97 Å². The number of aromatic nitrogens is 3. The van der Waals surface area contributed by atoms with Crippen LogP contribution in [0.25, 0.3) is 0 Å². The Labute approximate surface area is 118 Å². The minimum atomic E-state index is -1.03. The summed E-state index contributed by atoms with van der Waals surface area (Å²) in [6.45, 7) is 2.00. The summed E-state index contributed by atoms with van der Waals surface area (Å²) in [4.78, 5) is 17.5. The fourth-order valence-corrected chi connectivity index (χ4v) is 2.93. The first-order chi connectivity index (χ1) is 9.58. The van der Waals surface area contributed by atoms with Gasteiger partial charge >= 0.3 is 12.0 Å². The molecular formula is C12H12N4O3S. The van der Waals surface area contributed by atoms with Gasteiger partial charge in [-0.2, -0.15) is 4.98 Å². The quantitative estimate of drug-likeness (QED) is 0.894. The smallest absolute Gasteiger partial charge is 0.352 e. The number of carbonyl (C=O) groups is 1. The van der Waals surface area contributed by atoms with E-state index in [2.05, 4.69) is 15.4 Å². The van der Waals surface area contributed by atoms with Crippen molar-refractivity contribution in [3.63, 3.8) is 0 Å². The van der Waals surface area contributed by atoms with Gasteiger partial charge in [0.05, 0.1) is 7.11 Å². The summed E-state index contributed by atoms with van der Waals surface area (Å²) < 4.78 is 6.62. The first-order valence-corrected chi connectivity index (χ1v) is 6.69. The third-order valence-corrected chi connectivity index (χ3v) is 3.98. The van der Waals surface area contributed by atoms with Crippen LogP contribution in [0.1, 0.15) is 15.8 Å². The normalized spacial score (nSPS) is 17.1. The second-order valence-corrected chi connectivity index (χ2v) is 5.59. The molecule has 0 spiro atoms. The van der Waals surface area contributed by atoms with E-state index in [1.807, 2.05) is 19.1 Å². The van der Waals surface area contributed by atoms with Gasteiger partial charge in [-0.3, -0.25) is 0 Å². The van der Waals surface area contributed by atoms with Gasteiger partial charge in [-0.25, -0.2) is 9.48 Å². The second-order valence-electron chi connectivity index (χ2n) is 4.27. The number of nitrogens with one attached hydrogen (secondary N) is 1. The second kappa shape index (κ2) is 4.64. The Hall–Kier alpha value is -2.35. The van der Waals surface area contributed by atoms with Crippen molar-refractivity contribution in [2.24, 2.45) is 0 Å². The average molecular weight is 292 g/mol. The van der Waals surface area contributed by atoms with Gasteiger partial charge in [-0.05, 0) is 25.1 Å². The minimum Gasteiger partial charge on any atom is -0.477 e. The number of thiophene rings is 1. The van der Waals surface area contributed by atoms with E-state index in [0.717, 1.165) is 9.75 Å². The molecule has 2 aromatic heterocycles. The van der Waals surface area contributed by atoms with Crippen molar-refractivity contribution in [3.8, 4) is 6.01 Å². The molecule has 0 fully saturated rings. The predicted molar refractivity (Wildman–Crippen MR) is 73.1 cm³/mol. The SMILES string of the molecule is COc1nc2n(n1)C(c1ccc(C)s1)C=C(C(=O)O)N2. The molecule has 20 heavy (non-hydrogen) atoms. The molecule has 2 N–H and O–H groups in total. The first kappa shape index (κ1) is 12.7. The van der Waals surface area contributed by atoms with E-state index in [1.54, 1.807) is 22.1 Å². The number of anilines is 1. The van der Waals surface area contributed by atoms with Gasteiger partial charge in [0.15, 0.2) is 0 Å². The van der Waals surface area contributed by atoms with Gasteiger partial charge in [0.2, 0.25) is 5.95 Å². The molecule has 1 aliphatic rings. The predicted octanol–water partition coefficient (Wildman–Crippen LogP) is 1.64. The third-order valence-electron chi connectivity index (χ3n) is 2.91. The van der Waals surface area contributed by atoms with Crippen molar-refractivity contribution in [3.05, 3.63) is 33.7 Å². The van der Waals surface area contributed by atoms with Gasteiger partial charge in [-0.15, -0.1) is 16.4 Å². The molecule has 8 heteroatoms. The maximum atomic E-state index is 11.2. The lowest BCUT2D eigenvalue weighted by Gasteiger charge is -2.20. The fourth-order valence-electron chi connectivity index (χ4n) is 2.00. The standard InChI is InChI=1S/C12H12N4O3S/c1-6-3-4-9(20-6)8-5-7(10(17)18)13-11-14-12(19-2)15-16(8)11/h3-5,8H,1-2H3,(H,17,18)(H,13,14,15). The summed E-state index contributed by atoms with van der Waals surface area (Å²) in [7, 11) is 1.47. The van der Waals surface area contributed by atoms with Crippen LogP contribution in [-0.2, 0) is 4.79 Å². The topological polar surface area (TPSA) is 89.3 Å². The molecule has 3 rings (SSSR count). The number of fused-ring (bicyclic) bond motifs is 1. The molecule has 104 valence electrons. The largest absolute Gasteiger partial charge is 0.477 e. The van der Waals surface area contributed by atoms with Gasteiger partial charge in [0, 0.05) is 9.75 Å². The number of hydrogen-bond donors (Lipinski definition) is 2. The van der Waals surface area contributed by atoms with Crippen LogP contribution >= 0.6 is 11.3 Å². The Balaban J connectivity index is 2.10. The monoisotopic (exact) mass is 292 g/mol. The van der Waals surface area contributed by atoms with E-state index in [-0.39, 0.29) is 17.7 Å². The third kappa shape index (κ3) is 2.03. The number of carboxylic acids is 1. The van der Waals surface area contributed by atoms with E-state index in [9.17, 15) is 9.90 Å². The number of carboxylic acid groups (broad SMARTS) is 1. The fraction of sp³-hybridized carbons (Fsp3) is 0.250. The molecule has 1 aliphatic heterocycles. The summed E-state index contributed by atoms with van der Waals surface area (Å²) in [6.07, 6.45) is 1.62. The number of allylic oxidation sites excluding steroid dienone is 1. The van der Waals surface area contributed by atoms with Gasteiger partial charge in [0.25, 0.3) is 0 Å². The molecule has 7 nitrogen and oxygen atoms in total. The lowest BCUT2D eigenvalue weighted by molar-refractivity contribution is -0.132. The summed E-state index contributed by atoms with van der Waals surface area (Å²) in [6, 6.07) is 3.85. The summed E-state index contributed by atoms with van der Waals surface area (Å²) in [5.74, 6) is -0.672. The highest BCUT2D eigenvalue weighted by Gasteiger charge is 2.28. The molecule has 0 amide bonds. The van der Waals surface area contributed by atoms with Gasteiger partial charge in [0.1, 0.15) is 11.7 Å². The Morgan fingerprint density at radius 3 is 2.95 bits per heavy atom. The number of aryl methyl sites for hydroxylation is 1. The molecule has 3 heterocycles. The van der Waals surface area contributed by atoms with E-state index in [4.69, 9.17) is 4.74 Å². The number of ether oxygens (including phenoxy) is 1. The minimum absolute atomic E-state index is 0.0867. The average Bonchev–Trinajstić information content (AvgIpc) is 3.02. The number of nitrogens with zero attached hydrogens (tertiary/aromatic N) is 3. The van der Waals surface area contributed by atoms with Crippen LogP contribution in [0.5, 0.6) is 6.01 Å². The zero-order valence-electron chi connectivity index (χ0n) is 10.8. The van der Waals surface area contributed by atoms with Crippen LogP contribution < -0.4 is 10.1 Å². The number of aliphatic carboxylic acids is 1. The highest BCUT2D eigenvalue weighted by Crippen LogP contribution is 2.33. The Morgan fingerprint density at radius 2 is 2.35 bits per heavy atom. The van der Waals surface area contributed by atoms with Gasteiger partial charge in [-0.1, -0.05) is 0 Å². The molecule has 0 saturated carbocycles. The lowest BCUT2D eigenvalue weighted by Crippen LogP contribution is -2.23. The first-order valence-electron chi connectivity index (χ1n) is 5.87. The van der Waals surface area contributed by atoms with Crippen LogP contribution in [0.3, 0.4) is 0 Å². The van der Waals surface area contributed by atoms with E-state index >= 15 is 0 Å². The van der Waals surface area contributed by atoms with Crippen molar-refractivity contribution < 1.29 is 14.6 Å². The lowest BCUT2D eigenvalue weighted by atomic mass is 10.2. The zero-order valence-corrected chi connectivity index (χ0v) is 11.6. The van der Waals surface area contributed by atoms with Crippen molar-refractivity contribution in [2.75, 3.05) is 12.4 Å². The summed E-state index contributed by atoms with van der Waals surface area (Å²) in [5, 5.41) is 16.1. The molecule has 0 saturated heterocycles. The Bertz CT molecular complexity index is 703. The van der Waals surface area contributed by atoms with Crippen LogP contribution in [-0.4, -0.2) is 33.0 Å². The zero-order chi connectivity index (χ0) is 14.3. The number of hydrogen-bond acceptors (Lipinski definition) is 6.